The Hall–Kier alpha value is -0.510. The molecular formula is C3H10N+. The number of hydrogen-bond donors (Lipinski definition) is 0. The highest BCUT2D eigenvalue weighted by molar-refractivity contribution is 4.03. The highest BCUT2D eigenvalue weighted by Crippen LogP contribution is 0.586. The molecule has 0 bridgehead atoms. The summed E-state index contributed by atoms with van der Waals surface area (Å²) in [5, 5.41) is 6.99. The third-order valence-electron chi connectivity index (χ3n) is 0. The van der Waals surface area contributed by atoms with E-state index in [4.69, 9.17) is 6.63 Å². The van der Waals surface area contributed by atoms with E-state index < -0.39 is 0 Å². The van der Waals surface area contributed by atoms with Crippen LogP contribution in [0.4, 0.5) is 0 Å². The van der Waals surface area contributed by atoms with Crippen LogP contribution in [0.1, 0.15) is 17.7 Å². The van der Waals surface area contributed by atoms with Gasteiger partial charge in [0.1, 0.15) is 0 Å². The van der Waals surface area contributed by atoms with Gasteiger partial charge in [0.2, 0.25) is 0 Å². The van der Waals surface area contributed by atoms with Crippen molar-refractivity contribution in [3.63, 3.8) is 0 Å². The van der Waals surface area contributed by atoms with Gasteiger partial charge in [-0.15, -0.1) is 0 Å². The Morgan fingerprint density at radius 2 is 2.00 bits per heavy atom. The molecule has 0 spiro atoms. The molecule has 1 heteroatoms. The number of hydrogen-bond acceptors (Lipinski definition) is 1. The average molecular weight is 62.1 g/mol. The summed E-state index contributed by atoms with van der Waals surface area (Å²) in [6.07, 6.45) is 0. The fourth-order valence-corrected chi connectivity index (χ4v) is 0. The van der Waals surface area contributed by atoms with E-state index in [-0.39, 0.29) is 16.3 Å². The molecule has 4 heavy (non-hydrogen) atoms. The summed E-state index contributed by atoms with van der Waals surface area (Å²) in [5.41, 5.74) is 0. The molecular weight excluding hydrogens is 50.0 g/mol. The van der Waals surface area contributed by atoms with Crippen LogP contribution in [-0.4, -0.2) is 0 Å². The summed E-state index contributed by atoms with van der Waals surface area (Å²) < 4.78 is 5.51. The maximum Gasteiger partial charge on any atom is 1.00 e. The van der Waals surface area contributed by atoms with Crippen LogP contribution in [0.15, 0.2) is 0 Å². The number of nitrogens with zero attached hydrogens (tertiary/aromatic N) is 1. The zero-order chi connectivity index (χ0) is 2.71. The van der Waals surface area contributed by atoms with Gasteiger partial charge in [0.15, 0.2) is 1.37 Å². The zero-order valence-corrected chi connectivity index (χ0v) is 0.947. The highest BCUT2D eigenvalue weighted by Gasteiger charge is 0.513. The SMILES string of the molecule is C.C.[3H]C#N.[H+]. The zero-order valence-electron chi connectivity index (χ0n) is 2.95. The van der Waals surface area contributed by atoms with Crippen molar-refractivity contribution in [2.75, 3.05) is 0 Å². The van der Waals surface area contributed by atoms with Crippen molar-refractivity contribution in [1.29, 1.82) is 5.26 Å². The van der Waals surface area contributed by atoms with Crippen LogP contribution in [0.25, 0.3) is 0 Å². The van der Waals surface area contributed by atoms with Crippen molar-refractivity contribution in [2.45, 2.75) is 14.9 Å². The third-order valence-corrected chi connectivity index (χ3v) is 0. The molecule has 0 aliphatic heterocycles. The molecule has 0 aliphatic carbocycles. The molecule has 0 N–H and O–H groups in total. The van der Waals surface area contributed by atoms with Gasteiger partial charge in [-0.2, -0.15) is 0 Å². The van der Waals surface area contributed by atoms with Crippen molar-refractivity contribution in [3.05, 3.63) is 0 Å². The Morgan fingerprint density at radius 3 is 2.00 bits per heavy atom. The Balaban J connectivity index is -0.00000000667. The lowest BCUT2D eigenvalue weighted by atomic mass is 11.9. The molecule has 0 heterocycles. The van der Waals surface area contributed by atoms with E-state index in [1.807, 2.05) is 0 Å². The first kappa shape index (κ1) is 9.75. The summed E-state index contributed by atoms with van der Waals surface area (Å²) in [6.45, 7) is 1.00. The Morgan fingerprint density at radius 1 is 2.00 bits per heavy atom. The van der Waals surface area contributed by atoms with Gasteiger partial charge in [-0.1, -0.05) is 14.9 Å². The lowest BCUT2D eigenvalue weighted by molar-refractivity contribution is 1.58. The fraction of sp³-hybridized carbons (Fsp3) is 0.667. The topological polar surface area (TPSA) is 23.8 Å². The average Bonchev–Trinajstić information content (AvgIpc) is 0.918. The molecule has 1 nitrogen and oxygen atoms in total. The standard InChI is InChI=1S/CHN.2CH4/c1-2;;/h1H;2*1H4/p+1/i1T;;. The maximum absolute atomic E-state index is 6.99. The first-order chi connectivity index (χ1) is 1.41. The van der Waals surface area contributed by atoms with Crippen molar-refractivity contribution in [3.8, 4) is 6.55 Å². The van der Waals surface area contributed by atoms with E-state index in [9.17, 15) is 0 Å². The molecule has 0 radical (unpaired) electrons. The van der Waals surface area contributed by atoms with Crippen LogP contribution in [0.5, 0.6) is 0 Å². The molecule has 0 amide bonds. The Bertz CT molecular complexity index is 30.3. The summed E-state index contributed by atoms with van der Waals surface area (Å²) in [5.74, 6) is 0. The quantitative estimate of drug-likeness (QED) is 0.417. The Kier molecular flexibility index (Phi) is 51.8. The minimum absolute atomic E-state index is 0. The second-order valence-electron chi connectivity index (χ2n) is 0. The van der Waals surface area contributed by atoms with Crippen LogP contribution in [0.3, 0.4) is 0 Å². The monoisotopic (exact) mass is 62.1 g/mol. The normalized spacial score (nSPS) is 2.25. The smallest absolute Gasteiger partial charge is 0.202 e. The second kappa shape index (κ2) is 21.3. The largest absolute Gasteiger partial charge is 1.00 e. The molecule has 0 aromatic rings. The maximum atomic E-state index is 6.99. The summed E-state index contributed by atoms with van der Waals surface area (Å²) in [6, 6.07) is 0. The van der Waals surface area contributed by atoms with Gasteiger partial charge in [-0.25, -0.2) is 5.26 Å². The molecule has 0 unspecified atom stereocenters. The van der Waals surface area contributed by atoms with Gasteiger partial charge in [0.25, 0.3) is 0 Å². The van der Waals surface area contributed by atoms with Crippen molar-refractivity contribution >= 4 is 0 Å². The lowest BCUT2D eigenvalue weighted by Gasteiger charge is -0.668. The first-order valence-electron chi connectivity index (χ1n) is 0.724. The molecule has 0 fully saturated rings. The molecule has 0 atom stereocenters. The van der Waals surface area contributed by atoms with E-state index in [1.54, 1.807) is 0 Å². The van der Waals surface area contributed by atoms with Gasteiger partial charge < -0.3 is 0 Å². The van der Waals surface area contributed by atoms with Gasteiger partial charge >= 0.3 is 1.43 Å². The Labute approximate surface area is 30.8 Å². The van der Waals surface area contributed by atoms with Crippen LogP contribution < -0.4 is 0 Å². The van der Waals surface area contributed by atoms with E-state index in [0.29, 0.717) is 0 Å². The van der Waals surface area contributed by atoms with E-state index in [1.165, 1.54) is 0 Å². The molecule has 0 saturated heterocycles. The van der Waals surface area contributed by atoms with Gasteiger partial charge in [0, 0.05) is 6.55 Å². The van der Waals surface area contributed by atoms with Crippen LogP contribution in [0, 0.1) is 11.8 Å². The third kappa shape index (κ3) is 1.38. The van der Waals surface area contributed by atoms with Crippen molar-refractivity contribution in [1.82, 2.24) is 0 Å². The van der Waals surface area contributed by atoms with E-state index >= 15 is 0 Å². The minimum Gasteiger partial charge on any atom is -0.202 e. The first-order valence-corrected chi connectivity index (χ1v) is 0.224. The van der Waals surface area contributed by atoms with Gasteiger partial charge in [0.05, 0.1) is 0 Å². The summed E-state index contributed by atoms with van der Waals surface area (Å²) >= 11 is 0. The number of rotatable bonds is 0. The molecule has 0 rings (SSSR count). The van der Waals surface area contributed by atoms with Crippen LogP contribution in [-0.2, 0) is 0 Å². The molecule has 0 saturated carbocycles. The highest BCUT2D eigenvalue weighted by atomic mass is 14.2. The van der Waals surface area contributed by atoms with Gasteiger partial charge in [-0.05, 0) is 0 Å². The number of nitriles is 1. The summed E-state index contributed by atoms with van der Waals surface area (Å²) in [7, 11) is 0. The van der Waals surface area contributed by atoms with E-state index in [2.05, 4.69) is 0 Å². The van der Waals surface area contributed by atoms with Gasteiger partial charge in [-0.3, -0.25) is 0 Å². The molecule has 0 aromatic carbocycles. The lowest BCUT2D eigenvalue weighted by Crippen LogP contribution is -0.569. The van der Waals surface area contributed by atoms with Crippen molar-refractivity contribution in [2.24, 2.45) is 0 Å². The minimum atomic E-state index is 0. The van der Waals surface area contributed by atoms with Crippen LogP contribution >= 0.6 is 0 Å². The molecule has 0 aromatic heterocycles. The molecule has 0 aliphatic rings. The summed E-state index contributed by atoms with van der Waals surface area (Å²) in [4.78, 5) is 0. The van der Waals surface area contributed by atoms with Crippen molar-refractivity contribution < 1.29 is 2.80 Å². The predicted octanol–water partition coefficient (Wildman–Crippen LogP) is 1.52. The van der Waals surface area contributed by atoms with E-state index in [0.717, 1.165) is 6.55 Å². The van der Waals surface area contributed by atoms with Crippen LogP contribution in [0.2, 0.25) is 0 Å². The fourth-order valence-electron chi connectivity index (χ4n) is 0. The second-order valence-corrected chi connectivity index (χ2v) is 0. The molecule has 26 valence electrons. The predicted molar refractivity (Wildman–Crippen MR) is 21.2 cm³/mol.